The zero-order valence-electron chi connectivity index (χ0n) is 21.6. The maximum Gasteiger partial charge on any atom is 0.178 e. The summed E-state index contributed by atoms with van der Waals surface area (Å²) >= 11 is 0. The van der Waals surface area contributed by atoms with Crippen LogP contribution in [0.3, 0.4) is 0 Å². The molecule has 0 saturated carbocycles. The average molecular weight is 482 g/mol. The van der Waals surface area contributed by atoms with E-state index in [1.54, 1.807) is 21.3 Å². The van der Waals surface area contributed by atoms with Gasteiger partial charge in [0.2, 0.25) is 0 Å². The molecule has 5 nitrogen and oxygen atoms in total. The predicted molar refractivity (Wildman–Crippen MR) is 146 cm³/mol. The maximum absolute atomic E-state index is 7.11. The SMILES string of the molecule is COc1ccc(C2(c3ccc(N(C)C)cc3)C=Cc3c(C)cc4c(OC)cc(OC)cc4c3O2)cc1. The van der Waals surface area contributed by atoms with Gasteiger partial charge in [-0.2, -0.15) is 0 Å². The maximum atomic E-state index is 7.11. The third kappa shape index (κ3) is 3.81. The van der Waals surface area contributed by atoms with Crippen LogP contribution >= 0.6 is 0 Å². The Morgan fingerprint density at radius 1 is 0.722 bits per heavy atom. The smallest absolute Gasteiger partial charge is 0.178 e. The van der Waals surface area contributed by atoms with Crippen LogP contribution in [0.2, 0.25) is 0 Å². The van der Waals surface area contributed by atoms with Crippen molar-refractivity contribution in [2.24, 2.45) is 0 Å². The van der Waals surface area contributed by atoms with Gasteiger partial charge in [-0.25, -0.2) is 0 Å². The number of ether oxygens (including phenoxy) is 4. The second kappa shape index (κ2) is 9.15. The number of fused-ring (bicyclic) bond motifs is 3. The van der Waals surface area contributed by atoms with E-state index in [2.05, 4.69) is 66.4 Å². The molecule has 0 bridgehead atoms. The fourth-order valence-electron chi connectivity index (χ4n) is 4.88. The average Bonchev–Trinajstić information content (AvgIpc) is 2.92. The topological polar surface area (TPSA) is 40.2 Å². The van der Waals surface area contributed by atoms with E-state index >= 15 is 0 Å². The molecule has 0 fully saturated rings. The van der Waals surface area contributed by atoms with Gasteiger partial charge in [-0.15, -0.1) is 0 Å². The first kappa shape index (κ1) is 23.6. The first-order valence-corrected chi connectivity index (χ1v) is 11.9. The normalized spacial score (nSPS) is 16.3. The van der Waals surface area contributed by atoms with Gasteiger partial charge in [-0.05, 0) is 55.0 Å². The molecule has 1 aliphatic heterocycles. The van der Waals surface area contributed by atoms with Gasteiger partial charge in [0.1, 0.15) is 23.0 Å². The summed E-state index contributed by atoms with van der Waals surface area (Å²) < 4.78 is 23.9. The quantitative estimate of drug-likeness (QED) is 0.311. The number of anilines is 1. The summed E-state index contributed by atoms with van der Waals surface area (Å²) in [6.07, 6.45) is 4.32. The van der Waals surface area contributed by atoms with Crippen LogP contribution in [0.5, 0.6) is 23.0 Å². The minimum absolute atomic E-state index is 0.717. The lowest BCUT2D eigenvalue weighted by molar-refractivity contribution is 0.163. The molecule has 0 amide bonds. The summed E-state index contributed by atoms with van der Waals surface area (Å²) in [5.41, 5.74) is 4.49. The van der Waals surface area contributed by atoms with E-state index in [-0.39, 0.29) is 0 Å². The van der Waals surface area contributed by atoms with Gasteiger partial charge in [-0.3, -0.25) is 0 Å². The molecule has 0 aliphatic carbocycles. The van der Waals surface area contributed by atoms with Gasteiger partial charge in [0.05, 0.1) is 21.3 Å². The number of aryl methyl sites for hydroxylation is 1. The molecule has 1 heterocycles. The standard InChI is InChI=1S/C31H31NO4/c1-20-17-27-28(18-25(34-5)19-29(27)35-6)30-26(20)15-16-31(36-30,22-9-13-24(33-4)14-10-22)21-7-11-23(12-8-21)32(2)3/h7-19H,1-6H3. The van der Waals surface area contributed by atoms with E-state index in [4.69, 9.17) is 18.9 Å². The summed E-state index contributed by atoms with van der Waals surface area (Å²) in [6.45, 7) is 2.10. The van der Waals surface area contributed by atoms with Crippen molar-refractivity contribution in [2.45, 2.75) is 12.5 Å². The molecule has 0 aromatic heterocycles. The highest BCUT2D eigenvalue weighted by molar-refractivity contribution is 5.98. The van der Waals surface area contributed by atoms with Crippen LogP contribution < -0.4 is 23.8 Å². The molecule has 1 aliphatic rings. The van der Waals surface area contributed by atoms with E-state index in [1.807, 2.05) is 38.4 Å². The molecule has 4 aromatic rings. The third-order valence-electron chi connectivity index (χ3n) is 6.93. The Labute approximate surface area is 212 Å². The molecule has 184 valence electrons. The first-order valence-electron chi connectivity index (χ1n) is 11.9. The Balaban J connectivity index is 1.77. The number of hydrogen-bond donors (Lipinski definition) is 0. The second-order valence-corrected chi connectivity index (χ2v) is 9.20. The van der Waals surface area contributed by atoms with Gasteiger partial charge in [0.25, 0.3) is 0 Å². The summed E-state index contributed by atoms with van der Waals surface area (Å²) in [5, 5.41) is 1.93. The summed E-state index contributed by atoms with van der Waals surface area (Å²) in [4.78, 5) is 2.09. The molecule has 1 unspecified atom stereocenters. The van der Waals surface area contributed by atoms with Crippen molar-refractivity contribution < 1.29 is 18.9 Å². The van der Waals surface area contributed by atoms with Gasteiger partial charge >= 0.3 is 0 Å². The minimum atomic E-state index is -0.832. The molecule has 0 radical (unpaired) electrons. The molecular weight excluding hydrogens is 450 g/mol. The van der Waals surface area contributed by atoms with Crippen molar-refractivity contribution >= 4 is 22.5 Å². The Bertz CT molecular complexity index is 1440. The van der Waals surface area contributed by atoms with Gasteiger partial charge in [0, 0.05) is 53.3 Å². The van der Waals surface area contributed by atoms with E-state index in [0.717, 1.165) is 56.0 Å². The zero-order chi connectivity index (χ0) is 25.4. The molecule has 1 atom stereocenters. The number of nitrogens with zero attached hydrogens (tertiary/aromatic N) is 1. The molecule has 4 aromatic carbocycles. The zero-order valence-corrected chi connectivity index (χ0v) is 21.6. The van der Waals surface area contributed by atoms with Crippen molar-refractivity contribution in [1.29, 1.82) is 0 Å². The van der Waals surface area contributed by atoms with Gasteiger partial charge in [-0.1, -0.05) is 30.3 Å². The lowest BCUT2D eigenvalue weighted by Crippen LogP contribution is -2.34. The van der Waals surface area contributed by atoms with E-state index in [9.17, 15) is 0 Å². The third-order valence-corrected chi connectivity index (χ3v) is 6.93. The molecule has 5 heteroatoms. The van der Waals surface area contributed by atoms with Gasteiger partial charge < -0.3 is 23.8 Å². The lowest BCUT2D eigenvalue weighted by atomic mass is 9.82. The van der Waals surface area contributed by atoms with E-state index < -0.39 is 5.60 Å². The number of rotatable bonds is 6. The number of hydrogen-bond acceptors (Lipinski definition) is 5. The van der Waals surface area contributed by atoms with Crippen molar-refractivity contribution in [1.82, 2.24) is 0 Å². The fraction of sp³-hybridized carbons (Fsp3) is 0.226. The predicted octanol–water partition coefficient (Wildman–Crippen LogP) is 6.59. The lowest BCUT2D eigenvalue weighted by Gasteiger charge is -2.37. The molecule has 0 N–H and O–H groups in total. The monoisotopic (exact) mass is 481 g/mol. The van der Waals surface area contributed by atoms with Crippen molar-refractivity contribution in [2.75, 3.05) is 40.3 Å². The van der Waals surface area contributed by atoms with Crippen LogP contribution in [0, 0.1) is 6.92 Å². The largest absolute Gasteiger partial charge is 0.497 e. The highest BCUT2D eigenvalue weighted by atomic mass is 16.5. The summed E-state index contributed by atoms with van der Waals surface area (Å²) in [6, 6.07) is 22.6. The Kier molecular flexibility index (Phi) is 6.00. The highest BCUT2D eigenvalue weighted by Gasteiger charge is 2.38. The van der Waals surface area contributed by atoms with Crippen molar-refractivity contribution in [3.8, 4) is 23.0 Å². The number of methoxy groups -OCH3 is 3. The van der Waals surface area contributed by atoms with E-state index in [1.165, 1.54) is 0 Å². The molecule has 5 rings (SSSR count). The van der Waals surface area contributed by atoms with Crippen LogP contribution in [-0.2, 0) is 5.60 Å². The van der Waals surface area contributed by atoms with Crippen LogP contribution in [-0.4, -0.2) is 35.4 Å². The summed E-state index contributed by atoms with van der Waals surface area (Å²) in [7, 11) is 9.09. The van der Waals surface area contributed by atoms with Crippen LogP contribution in [0.4, 0.5) is 5.69 Å². The minimum Gasteiger partial charge on any atom is -0.497 e. The second-order valence-electron chi connectivity index (χ2n) is 9.20. The molecule has 0 spiro atoms. The Morgan fingerprint density at radius 3 is 1.94 bits per heavy atom. The highest BCUT2D eigenvalue weighted by Crippen LogP contribution is 2.48. The molecule has 0 saturated heterocycles. The molecule has 36 heavy (non-hydrogen) atoms. The van der Waals surface area contributed by atoms with Gasteiger partial charge in [0.15, 0.2) is 5.60 Å². The van der Waals surface area contributed by atoms with Crippen LogP contribution in [0.1, 0.15) is 22.3 Å². The molecular formula is C31H31NO4. The van der Waals surface area contributed by atoms with Crippen molar-refractivity contribution in [3.05, 3.63) is 95.1 Å². The fourth-order valence-corrected chi connectivity index (χ4v) is 4.88. The first-order chi connectivity index (χ1) is 17.4. The van der Waals surface area contributed by atoms with E-state index in [0.29, 0.717) is 5.75 Å². The van der Waals surface area contributed by atoms with Crippen molar-refractivity contribution in [3.63, 3.8) is 0 Å². The number of benzene rings is 4. The van der Waals surface area contributed by atoms with Crippen LogP contribution in [0.25, 0.3) is 16.8 Å². The Morgan fingerprint density at radius 2 is 1.36 bits per heavy atom. The van der Waals surface area contributed by atoms with Crippen LogP contribution in [0.15, 0.2) is 72.8 Å². The Hall–Kier alpha value is -4.12. The summed E-state index contributed by atoms with van der Waals surface area (Å²) in [5.74, 6) is 3.07.